The van der Waals surface area contributed by atoms with Crippen LogP contribution in [-0.4, -0.2) is 13.7 Å². The first-order chi connectivity index (χ1) is 40.0. The largest absolute Gasteiger partial charge is 0.353 e. The fourth-order valence-corrected chi connectivity index (χ4v) is 13.2. The Hall–Kier alpha value is -10.9. The quantitative estimate of drug-likeness (QED) is 0.139. The van der Waals surface area contributed by atoms with Crippen LogP contribution in [0.2, 0.25) is 0 Å². The Morgan fingerprint density at radius 3 is 1.32 bits per heavy atom. The lowest BCUT2D eigenvalue weighted by molar-refractivity contribution is 0.449. The van der Waals surface area contributed by atoms with Crippen molar-refractivity contribution < 1.29 is 0 Å². The average Bonchev–Trinajstić information content (AvgIpc) is 4.13. The summed E-state index contributed by atoms with van der Waals surface area (Å²) >= 11 is 0. The van der Waals surface area contributed by atoms with Crippen LogP contribution < -0.4 is 5.32 Å². The minimum absolute atomic E-state index is 0.0360. The summed E-state index contributed by atoms with van der Waals surface area (Å²) in [5.41, 5.74) is 14.1. The molecule has 1 N–H and O–H groups in total. The van der Waals surface area contributed by atoms with Crippen molar-refractivity contribution in [1.82, 2.24) is 13.7 Å². The molecule has 1 atom stereocenters. The highest BCUT2D eigenvalue weighted by Gasteiger charge is 2.44. The van der Waals surface area contributed by atoms with Crippen molar-refractivity contribution in [3.63, 3.8) is 0 Å². The molecule has 1 aliphatic rings. The van der Waals surface area contributed by atoms with E-state index in [-0.39, 0.29) is 17.0 Å². The predicted molar refractivity (Wildman–Crippen MR) is 335 cm³/mol. The minimum Gasteiger partial charge on any atom is -0.353 e. The zero-order valence-electron chi connectivity index (χ0n) is 44.3. The van der Waals surface area contributed by atoms with Gasteiger partial charge in [0.2, 0.25) is 0 Å². The molecule has 10 aromatic carbocycles. The predicted octanol–water partition coefficient (Wildman–Crippen LogP) is 18.4. The van der Waals surface area contributed by atoms with E-state index in [4.69, 9.17) is 0 Å². The number of hydrogen-bond donors (Lipinski definition) is 1. The molecule has 0 saturated heterocycles. The van der Waals surface area contributed by atoms with Crippen molar-refractivity contribution in [3.05, 3.63) is 319 Å². The molecule has 3 heterocycles. The number of nitrogens with zero attached hydrogens (tertiary/aromatic N) is 5. The molecule has 13 aromatic rings. The van der Waals surface area contributed by atoms with Crippen molar-refractivity contribution in [2.24, 2.45) is 5.92 Å². The van der Waals surface area contributed by atoms with Crippen LogP contribution in [0.25, 0.3) is 88.1 Å². The number of rotatable bonds is 10. The molecule has 81 heavy (non-hydrogen) atoms. The Kier molecular flexibility index (Phi) is 11.9. The van der Waals surface area contributed by atoms with Gasteiger partial charge >= 0.3 is 0 Å². The fourth-order valence-electron chi connectivity index (χ4n) is 13.2. The highest BCUT2D eigenvalue weighted by molar-refractivity contribution is 6.15. The summed E-state index contributed by atoms with van der Waals surface area (Å²) in [6.07, 6.45) is 13.6. The van der Waals surface area contributed by atoms with Gasteiger partial charge < -0.3 is 19.0 Å². The summed E-state index contributed by atoms with van der Waals surface area (Å²) in [6, 6.07) is 86.1. The Morgan fingerprint density at radius 1 is 0.469 bits per heavy atom. The zero-order chi connectivity index (χ0) is 54.6. The average molecular weight is 1040 g/mol. The summed E-state index contributed by atoms with van der Waals surface area (Å²) in [6.45, 7) is 9.23. The number of fused-ring (bicyclic) bond motifs is 10. The molecule has 6 nitrogen and oxygen atoms in total. The van der Waals surface area contributed by atoms with Crippen LogP contribution in [0, 0.1) is 28.6 Å². The molecule has 3 aromatic heterocycles. The Morgan fingerprint density at radius 2 is 0.864 bits per heavy atom. The van der Waals surface area contributed by atoms with Gasteiger partial charge in [0.15, 0.2) is 0 Å². The third-order valence-electron chi connectivity index (χ3n) is 16.5. The number of hydrogen-bond acceptors (Lipinski definition) is 3. The van der Waals surface area contributed by atoms with Crippen LogP contribution in [0.5, 0.6) is 0 Å². The van der Waals surface area contributed by atoms with E-state index in [1.54, 1.807) is 0 Å². The van der Waals surface area contributed by atoms with Gasteiger partial charge in [0.25, 0.3) is 0 Å². The maximum absolute atomic E-state index is 11.9. The van der Waals surface area contributed by atoms with Crippen LogP contribution in [-0.2, 0) is 5.41 Å². The summed E-state index contributed by atoms with van der Waals surface area (Å²) in [7, 11) is 0. The molecule has 0 fully saturated rings. The van der Waals surface area contributed by atoms with Gasteiger partial charge in [-0.25, -0.2) is 0 Å². The van der Waals surface area contributed by atoms with Crippen LogP contribution >= 0.6 is 0 Å². The first-order valence-corrected chi connectivity index (χ1v) is 27.4. The number of aromatic nitrogens is 3. The number of nitrogens with one attached hydrogen (secondary N) is 1. The number of nitriles is 2. The van der Waals surface area contributed by atoms with Gasteiger partial charge in [-0.15, -0.1) is 0 Å². The fraction of sp³-hybridized carbons (Fsp3) is 0.0400. The SMILES string of the molecule is C=C(/C=C\C=CC1C/C=C\C(=C)c2ccccc2C1(c1ccccc1)c1ccccc1)Nc1c(C#N)c(C#N)c(-n2c3ccccc3c3ccccc32)c(-n2c3ccccc3c3ccccc32)c1-n1c2ccccc2c2ccccc21. The van der Waals surface area contributed by atoms with Crippen molar-refractivity contribution >= 4 is 76.7 Å². The smallest absolute Gasteiger partial charge is 0.103 e. The molecular formula is C75H52N6. The van der Waals surface area contributed by atoms with Gasteiger partial charge in [0.1, 0.15) is 12.1 Å². The van der Waals surface area contributed by atoms with E-state index in [0.717, 1.165) is 88.7 Å². The van der Waals surface area contributed by atoms with Gasteiger partial charge in [0.05, 0.1) is 72.4 Å². The van der Waals surface area contributed by atoms with Crippen LogP contribution in [0.1, 0.15) is 39.8 Å². The van der Waals surface area contributed by atoms with Crippen LogP contribution in [0.15, 0.2) is 286 Å². The first kappa shape index (κ1) is 48.5. The second-order valence-electron chi connectivity index (χ2n) is 20.8. The second-order valence-corrected chi connectivity index (χ2v) is 20.8. The molecule has 1 unspecified atom stereocenters. The summed E-state index contributed by atoms with van der Waals surface area (Å²) in [4.78, 5) is 0. The number of para-hydroxylation sites is 6. The van der Waals surface area contributed by atoms with Gasteiger partial charge in [-0.3, -0.25) is 0 Å². The lowest BCUT2D eigenvalue weighted by Crippen LogP contribution is -2.38. The third kappa shape index (κ3) is 7.54. The highest BCUT2D eigenvalue weighted by atomic mass is 15.1. The number of allylic oxidation sites excluding steroid dienone is 7. The normalized spacial score (nSPS) is 14.6. The van der Waals surface area contributed by atoms with E-state index in [1.165, 1.54) is 16.7 Å². The molecule has 0 amide bonds. The van der Waals surface area contributed by atoms with Gasteiger partial charge in [0, 0.05) is 38.0 Å². The standard InChI is InChI=1S/C75H52N6/c1-50-26-25-33-54(75(52-28-5-3-6-29-52,53-30-7-4-8-31-53)64-41-18-11-34-55(50)64)32-10-9-27-51(2)78-71-62(48-76)63(49-77)72(79-65-42-19-12-35-56(65)57-36-13-20-43-66(57)79)74(81-69-46-23-16-39-60(69)61-40-17-24-47-70(61)81)73(71)80-67-44-21-14-37-58(67)59-38-15-22-45-68(59)80/h3-32,34-47,54,78H,1-2,33H2/b26-25-,27-9-,32-10?. The number of anilines is 1. The van der Waals surface area contributed by atoms with E-state index in [2.05, 4.69) is 287 Å². The van der Waals surface area contributed by atoms with E-state index in [9.17, 15) is 10.5 Å². The van der Waals surface area contributed by atoms with E-state index in [0.29, 0.717) is 22.8 Å². The maximum atomic E-state index is 11.9. The molecule has 0 radical (unpaired) electrons. The Labute approximate surface area is 469 Å². The highest BCUT2D eigenvalue weighted by Crippen LogP contribution is 2.52. The van der Waals surface area contributed by atoms with Gasteiger partial charge in [-0.05, 0) is 82.6 Å². The Balaban J connectivity index is 1.03. The number of benzene rings is 10. The van der Waals surface area contributed by atoms with Gasteiger partial charge in [-0.2, -0.15) is 10.5 Å². The van der Waals surface area contributed by atoms with Crippen molar-refractivity contribution in [2.75, 3.05) is 5.32 Å². The van der Waals surface area contributed by atoms with Crippen molar-refractivity contribution in [3.8, 4) is 29.2 Å². The third-order valence-corrected chi connectivity index (χ3v) is 16.5. The molecule has 0 aliphatic heterocycles. The minimum atomic E-state index is -0.583. The maximum Gasteiger partial charge on any atom is 0.103 e. The molecule has 6 heteroatoms. The first-order valence-electron chi connectivity index (χ1n) is 27.4. The molecule has 0 spiro atoms. The molecule has 1 aliphatic carbocycles. The topological polar surface area (TPSA) is 74.4 Å². The van der Waals surface area contributed by atoms with E-state index in [1.807, 2.05) is 24.3 Å². The van der Waals surface area contributed by atoms with Crippen LogP contribution in [0.4, 0.5) is 5.69 Å². The molecule has 382 valence electrons. The second kappa shape index (κ2) is 19.8. The van der Waals surface area contributed by atoms with Crippen molar-refractivity contribution in [2.45, 2.75) is 11.8 Å². The van der Waals surface area contributed by atoms with E-state index >= 15 is 0 Å². The molecule has 14 rings (SSSR count). The lowest BCUT2D eigenvalue weighted by Gasteiger charge is -2.43. The Bertz CT molecular complexity index is 4690. The summed E-state index contributed by atoms with van der Waals surface area (Å²) in [5, 5.41) is 33.9. The molecular weight excluding hydrogens is 985 g/mol. The molecule has 0 saturated carbocycles. The summed E-state index contributed by atoms with van der Waals surface area (Å²) < 4.78 is 6.79. The van der Waals surface area contributed by atoms with E-state index < -0.39 is 5.41 Å². The monoisotopic (exact) mass is 1040 g/mol. The van der Waals surface area contributed by atoms with Crippen LogP contribution in [0.3, 0.4) is 0 Å². The summed E-state index contributed by atoms with van der Waals surface area (Å²) in [5.74, 6) is -0.0360. The lowest BCUT2D eigenvalue weighted by atomic mass is 9.59. The molecule has 0 bridgehead atoms. The van der Waals surface area contributed by atoms with Crippen molar-refractivity contribution in [1.29, 1.82) is 10.5 Å². The van der Waals surface area contributed by atoms with Gasteiger partial charge in [-0.1, -0.05) is 238 Å². The zero-order valence-corrected chi connectivity index (χ0v) is 44.3.